The molecule has 2 rings (SSSR count). The Morgan fingerprint density at radius 2 is 1.71 bits per heavy atom. The number of nitrogens with zero attached hydrogens (tertiary/aromatic N) is 1. The van der Waals surface area contributed by atoms with Crippen molar-refractivity contribution >= 4 is 22.7 Å². The van der Waals surface area contributed by atoms with E-state index in [1.807, 2.05) is 22.7 Å². The molecule has 0 aliphatic heterocycles. The highest BCUT2D eigenvalue weighted by molar-refractivity contribution is 7.21. The van der Waals surface area contributed by atoms with Crippen LogP contribution in [0.3, 0.4) is 0 Å². The van der Waals surface area contributed by atoms with Gasteiger partial charge in [-0.25, -0.2) is 4.98 Å². The molecule has 17 heavy (non-hydrogen) atoms. The molecule has 0 saturated heterocycles. The molecule has 0 spiro atoms. The summed E-state index contributed by atoms with van der Waals surface area (Å²) in [6.07, 6.45) is 0. The fourth-order valence-corrected chi connectivity index (χ4v) is 3.97. The van der Waals surface area contributed by atoms with E-state index in [-0.39, 0.29) is 0 Å². The molecular formula is C14H19NS2. The van der Waals surface area contributed by atoms with Crippen LogP contribution in [0.2, 0.25) is 0 Å². The van der Waals surface area contributed by atoms with Crippen molar-refractivity contribution in [3.63, 3.8) is 0 Å². The zero-order chi connectivity index (χ0) is 12.6. The van der Waals surface area contributed by atoms with E-state index in [4.69, 9.17) is 4.98 Å². The predicted molar refractivity (Wildman–Crippen MR) is 78.3 cm³/mol. The Kier molecular flexibility index (Phi) is 3.69. The predicted octanol–water partition coefficient (Wildman–Crippen LogP) is 5.43. The molecule has 92 valence electrons. The maximum absolute atomic E-state index is 4.84. The van der Waals surface area contributed by atoms with Gasteiger partial charge in [-0.15, -0.1) is 22.7 Å². The molecule has 0 amide bonds. The monoisotopic (exact) mass is 265 g/mol. The molecule has 1 nitrogen and oxygen atoms in total. The summed E-state index contributed by atoms with van der Waals surface area (Å²) in [6.45, 7) is 11.1. The van der Waals surface area contributed by atoms with E-state index in [9.17, 15) is 0 Å². The Hall–Kier alpha value is -0.670. The van der Waals surface area contributed by atoms with Crippen molar-refractivity contribution < 1.29 is 0 Å². The second-order valence-corrected chi connectivity index (χ2v) is 7.31. The van der Waals surface area contributed by atoms with Crippen molar-refractivity contribution in [1.29, 1.82) is 0 Å². The summed E-state index contributed by atoms with van der Waals surface area (Å²) >= 11 is 3.70. The molecule has 0 radical (unpaired) electrons. The molecule has 0 N–H and O–H groups in total. The number of rotatable bonds is 3. The van der Waals surface area contributed by atoms with E-state index in [2.05, 4.69) is 46.8 Å². The second kappa shape index (κ2) is 4.91. The van der Waals surface area contributed by atoms with Gasteiger partial charge in [-0.3, -0.25) is 0 Å². The van der Waals surface area contributed by atoms with Crippen molar-refractivity contribution in [3.05, 3.63) is 27.6 Å². The molecule has 0 unspecified atom stereocenters. The third kappa shape index (κ3) is 2.61. The number of thiazole rings is 1. The van der Waals surface area contributed by atoms with Gasteiger partial charge in [0.1, 0.15) is 5.01 Å². The van der Waals surface area contributed by atoms with E-state index in [1.165, 1.54) is 25.3 Å². The molecule has 0 saturated carbocycles. The summed E-state index contributed by atoms with van der Waals surface area (Å²) < 4.78 is 0. The van der Waals surface area contributed by atoms with Gasteiger partial charge in [0.25, 0.3) is 0 Å². The van der Waals surface area contributed by atoms with E-state index < -0.39 is 0 Å². The first-order chi connectivity index (χ1) is 7.99. The number of aromatic nitrogens is 1. The number of thiophene rings is 1. The van der Waals surface area contributed by atoms with Gasteiger partial charge in [-0.1, -0.05) is 27.7 Å². The van der Waals surface area contributed by atoms with Crippen molar-refractivity contribution in [2.45, 2.75) is 46.5 Å². The minimum absolute atomic E-state index is 0.512. The van der Waals surface area contributed by atoms with Gasteiger partial charge in [0, 0.05) is 9.75 Å². The molecule has 0 aromatic carbocycles. The van der Waals surface area contributed by atoms with Crippen molar-refractivity contribution in [2.24, 2.45) is 0 Å². The molecular weight excluding hydrogens is 246 g/mol. The average Bonchev–Trinajstić information content (AvgIpc) is 2.82. The SMILES string of the molecule is Cc1ccc(-c2nc(C(C)C)c(C(C)C)s2)s1. The lowest BCUT2D eigenvalue weighted by Crippen LogP contribution is -1.94. The fourth-order valence-electron chi connectivity index (χ4n) is 1.83. The summed E-state index contributed by atoms with van der Waals surface area (Å²) in [5.74, 6) is 1.08. The Balaban J connectivity index is 2.47. The van der Waals surface area contributed by atoms with Crippen molar-refractivity contribution in [3.8, 4) is 9.88 Å². The minimum Gasteiger partial charge on any atom is -0.240 e. The van der Waals surface area contributed by atoms with Crippen LogP contribution in [0.1, 0.15) is 55.0 Å². The van der Waals surface area contributed by atoms with Gasteiger partial charge in [0.2, 0.25) is 0 Å². The van der Waals surface area contributed by atoms with Crippen LogP contribution in [0.5, 0.6) is 0 Å². The Labute approximate surface area is 112 Å². The highest BCUT2D eigenvalue weighted by Crippen LogP contribution is 2.38. The van der Waals surface area contributed by atoms with Crippen LogP contribution in [-0.4, -0.2) is 4.98 Å². The smallest absolute Gasteiger partial charge is 0.133 e. The first-order valence-electron chi connectivity index (χ1n) is 6.06. The molecule has 2 aromatic heterocycles. The molecule has 2 aromatic rings. The lowest BCUT2D eigenvalue weighted by Gasteiger charge is -2.06. The molecule has 0 bridgehead atoms. The van der Waals surface area contributed by atoms with Crippen LogP contribution in [0.25, 0.3) is 9.88 Å². The summed E-state index contributed by atoms with van der Waals surface area (Å²) in [4.78, 5) is 8.95. The zero-order valence-corrected chi connectivity index (χ0v) is 12.7. The maximum Gasteiger partial charge on any atom is 0.133 e. The molecule has 3 heteroatoms. The van der Waals surface area contributed by atoms with Gasteiger partial charge in [0.15, 0.2) is 0 Å². The van der Waals surface area contributed by atoms with Crippen LogP contribution < -0.4 is 0 Å². The molecule has 0 aliphatic rings. The highest BCUT2D eigenvalue weighted by Gasteiger charge is 2.18. The summed E-state index contributed by atoms with van der Waals surface area (Å²) in [6, 6.07) is 4.36. The van der Waals surface area contributed by atoms with Gasteiger partial charge in [0.05, 0.1) is 10.6 Å². The van der Waals surface area contributed by atoms with Crippen LogP contribution >= 0.6 is 22.7 Å². The van der Waals surface area contributed by atoms with Crippen LogP contribution in [0.4, 0.5) is 0 Å². The largest absolute Gasteiger partial charge is 0.240 e. The first kappa shape index (κ1) is 12.8. The fraction of sp³-hybridized carbons (Fsp3) is 0.500. The number of hydrogen-bond acceptors (Lipinski definition) is 3. The lowest BCUT2D eigenvalue weighted by molar-refractivity contribution is 0.781. The number of hydrogen-bond donors (Lipinski definition) is 0. The van der Waals surface area contributed by atoms with Gasteiger partial charge >= 0.3 is 0 Å². The van der Waals surface area contributed by atoms with Crippen molar-refractivity contribution in [1.82, 2.24) is 4.98 Å². The normalized spacial score (nSPS) is 11.7. The molecule has 0 aliphatic carbocycles. The summed E-state index contributed by atoms with van der Waals surface area (Å²) in [7, 11) is 0. The van der Waals surface area contributed by atoms with E-state index in [1.54, 1.807) is 0 Å². The summed E-state index contributed by atoms with van der Waals surface area (Å²) in [5.41, 5.74) is 1.28. The standard InChI is InChI=1S/C14H19NS2/c1-8(2)12-13(9(3)4)17-14(15-12)11-7-6-10(5)16-11/h6-9H,1-5H3. The summed E-state index contributed by atoms with van der Waals surface area (Å²) in [5, 5.41) is 1.19. The van der Waals surface area contributed by atoms with Gasteiger partial charge in [-0.2, -0.15) is 0 Å². The molecule has 0 fully saturated rings. The van der Waals surface area contributed by atoms with Gasteiger partial charge in [-0.05, 0) is 30.9 Å². The van der Waals surface area contributed by atoms with Crippen LogP contribution in [0.15, 0.2) is 12.1 Å². The molecule has 2 heterocycles. The van der Waals surface area contributed by atoms with Gasteiger partial charge < -0.3 is 0 Å². The minimum atomic E-state index is 0.512. The van der Waals surface area contributed by atoms with Crippen LogP contribution in [-0.2, 0) is 0 Å². The Bertz CT molecular complexity index is 481. The average molecular weight is 265 g/mol. The lowest BCUT2D eigenvalue weighted by atomic mass is 10.0. The zero-order valence-electron chi connectivity index (χ0n) is 11.1. The highest BCUT2D eigenvalue weighted by atomic mass is 32.1. The Morgan fingerprint density at radius 1 is 1.00 bits per heavy atom. The number of aryl methyl sites for hydroxylation is 1. The van der Waals surface area contributed by atoms with E-state index in [0.717, 1.165) is 0 Å². The van der Waals surface area contributed by atoms with E-state index >= 15 is 0 Å². The quantitative estimate of drug-likeness (QED) is 0.721. The Morgan fingerprint density at radius 3 is 2.12 bits per heavy atom. The topological polar surface area (TPSA) is 12.9 Å². The van der Waals surface area contributed by atoms with Crippen molar-refractivity contribution in [2.75, 3.05) is 0 Å². The van der Waals surface area contributed by atoms with E-state index in [0.29, 0.717) is 11.8 Å². The third-order valence-electron chi connectivity index (χ3n) is 2.70. The second-order valence-electron chi connectivity index (χ2n) is 4.99. The first-order valence-corrected chi connectivity index (χ1v) is 7.69. The molecule has 0 atom stereocenters. The maximum atomic E-state index is 4.84. The van der Waals surface area contributed by atoms with Crippen LogP contribution in [0, 0.1) is 6.92 Å². The third-order valence-corrected chi connectivity index (χ3v) is 5.25.